The fourth-order valence-electron chi connectivity index (χ4n) is 2.60. The summed E-state index contributed by atoms with van der Waals surface area (Å²) >= 11 is 0. The zero-order chi connectivity index (χ0) is 15.5. The molecule has 1 atom stereocenters. The molecular formula is C14H21ClF2N2O3. The minimum absolute atomic E-state index is 0. The van der Waals surface area contributed by atoms with Crippen LogP contribution in [0.25, 0.3) is 0 Å². The molecule has 8 heteroatoms. The average Bonchev–Trinajstić information content (AvgIpc) is 2.50. The van der Waals surface area contributed by atoms with Gasteiger partial charge in [0.2, 0.25) is 0 Å². The highest BCUT2D eigenvalue weighted by molar-refractivity contribution is 5.85. The number of alkyl halides is 2. The first-order valence-corrected chi connectivity index (χ1v) is 6.80. The molecule has 3 N–H and O–H groups in total. The number of hydrogen-bond acceptors (Lipinski definition) is 5. The topological polar surface area (TPSA) is 65.0 Å². The monoisotopic (exact) mass is 338 g/mol. The number of methoxy groups -OCH3 is 1. The summed E-state index contributed by atoms with van der Waals surface area (Å²) in [7, 11) is 1.43. The van der Waals surface area contributed by atoms with Crippen LogP contribution in [0.3, 0.4) is 0 Å². The number of halogens is 3. The molecule has 22 heavy (non-hydrogen) atoms. The van der Waals surface area contributed by atoms with Gasteiger partial charge in [-0.05, 0) is 18.2 Å². The molecule has 0 unspecified atom stereocenters. The van der Waals surface area contributed by atoms with Crippen LogP contribution in [0.4, 0.5) is 8.78 Å². The van der Waals surface area contributed by atoms with Gasteiger partial charge in [-0.1, -0.05) is 0 Å². The third kappa shape index (κ3) is 3.98. The van der Waals surface area contributed by atoms with Gasteiger partial charge in [0.1, 0.15) is 24.1 Å². The van der Waals surface area contributed by atoms with E-state index in [1.165, 1.54) is 25.3 Å². The van der Waals surface area contributed by atoms with Crippen LogP contribution in [0.1, 0.15) is 11.6 Å². The minimum atomic E-state index is -3.36. The number of ether oxygens (including phenoxy) is 1. The molecule has 0 bridgehead atoms. The van der Waals surface area contributed by atoms with Crippen LogP contribution in [0.15, 0.2) is 18.2 Å². The van der Waals surface area contributed by atoms with Crippen molar-refractivity contribution in [1.29, 1.82) is 0 Å². The van der Waals surface area contributed by atoms with Crippen molar-refractivity contribution in [3.63, 3.8) is 0 Å². The summed E-state index contributed by atoms with van der Waals surface area (Å²) in [5, 5.41) is 22.1. The number of piperazine rings is 1. The number of benzene rings is 1. The van der Waals surface area contributed by atoms with Gasteiger partial charge >= 0.3 is 0 Å². The minimum Gasteiger partial charge on any atom is -0.508 e. The summed E-state index contributed by atoms with van der Waals surface area (Å²) in [6.45, 7) is 0.720. The van der Waals surface area contributed by atoms with Gasteiger partial charge in [0.25, 0.3) is 5.92 Å². The Morgan fingerprint density at radius 1 is 1.36 bits per heavy atom. The van der Waals surface area contributed by atoms with Gasteiger partial charge in [-0.3, -0.25) is 4.90 Å². The van der Waals surface area contributed by atoms with E-state index in [1.54, 1.807) is 4.90 Å². The van der Waals surface area contributed by atoms with Crippen LogP contribution in [0.5, 0.6) is 11.5 Å². The van der Waals surface area contributed by atoms with Crippen LogP contribution < -0.4 is 10.1 Å². The molecule has 0 amide bonds. The van der Waals surface area contributed by atoms with Gasteiger partial charge < -0.3 is 20.3 Å². The normalized spacial score (nSPS) is 17.6. The number of phenolic OH excluding ortho intramolecular Hbond substituents is 1. The fraction of sp³-hybridized carbons (Fsp3) is 0.571. The fourth-order valence-corrected chi connectivity index (χ4v) is 2.60. The van der Waals surface area contributed by atoms with Crippen molar-refractivity contribution < 1.29 is 23.7 Å². The van der Waals surface area contributed by atoms with Crippen LogP contribution in [-0.4, -0.2) is 60.9 Å². The highest BCUT2D eigenvalue weighted by Gasteiger charge is 2.45. The van der Waals surface area contributed by atoms with Crippen molar-refractivity contribution in [2.24, 2.45) is 0 Å². The molecule has 2 rings (SSSR count). The Bertz CT molecular complexity index is 485. The van der Waals surface area contributed by atoms with Gasteiger partial charge in [-0.15, -0.1) is 12.4 Å². The van der Waals surface area contributed by atoms with E-state index < -0.39 is 18.6 Å². The summed E-state index contributed by atoms with van der Waals surface area (Å²) < 4.78 is 33.5. The molecule has 1 aliphatic heterocycles. The predicted octanol–water partition coefficient (Wildman–Crippen LogP) is 1.40. The lowest BCUT2D eigenvalue weighted by molar-refractivity contribution is -0.119. The SMILES string of the molecule is COc1ccc(O)c([C@@H](N2CCNCC2)C(F)(F)CO)c1.Cl. The number of hydrogen-bond donors (Lipinski definition) is 3. The molecule has 1 fully saturated rings. The van der Waals surface area contributed by atoms with Gasteiger partial charge in [0, 0.05) is 31.7 Å². The zero-order valence-corrected chi connectivity index (χ0v) is 13.1. The summed E-state index contributed by atoms with van der Waals surface area (Å²) in [6.07, 6.45) is 0. The quantitative estimate of drug-likeness (QED) is 0.757. The standard InChI is InChI=1S/C14H20F2N2O3.ClH/c1-21-10-2-3-12(20)11(8-10)13(14(15,16)9-19)18-6-4-17-5-7-18;/h2-3,8,13,17,19-20H,4-7,9H2,1H3;1H/t13-;/m1./s1. The number of phenols is 1. The molecule has 1 saturated heterocycles. The Labute approximate surface area is 134 Å². The number of nitrogens with one attached hydrogen (secondary N) is 1. The third-order valence-corrected chi connectivity index (χ3v) is 3.66. The molecule has 126 valence electrons. The Kier molecular flexibility index (Phi) is 6.80. The average molecular weight is 339 g/mol. The summed E-state index contributed by atoms with van der Waals surface area (Å²) in [5.41, 5.74) is 0.0651. The van der Waals surface area contributed by atoms with Gasteiger partial charge in [-0.2, -0.15) is 0 Å². The lowest BCUT2D eigenvalue weighted by Gasteiger charge is -2.39. The van der Waals surface area contributed by atoms with E-state index in [4.69, 9.17) is 9.84 Å². The number of aliphatic hydroxyl groups excluding tert-OH is 1. The van der Waals surface area contributed by atoms with E-state index in [1.807, 2.05) is 0 Å². The largest absolute Gasteiger partial charge is 0.508 e. The highest BCUT2D eigenvalue weighted by atomic mass is 35.5. The first kappa shape index (κ1) is 18.9. The molecule has 1 aromatic rings. The Hall–Kier alpha value is -1.15. The maximum absolute atomic E-state index is 14.2. The lowest BCUT2D eigenvalue weighted by atomic mass is 9.97. The van der Waals surface area contributed by atoms with Crippen LogP contribution in [0.2, 0.25) is 0 Å². The van der Waals surface area contributed by atoms with E-state index in [0.717, 1.165) is 0 Å². The number of aliphatic hydroxyl groups is 1. The Balaban J connectivity index is 0.00000242. The number of aromatic hydroxyl groups is 1. The number of rotatable bonds is 5. The van der Waals surface area contributed by atoms with Crippen molar-refractivity contribution >= 4 is 12.4 Å². The second-order valence-electron chi connectivity index (χ2n) is 5.03. The molecule has 0 radical (unpaired) electrons. The molecule has 0 aromatic heterocycles. The summed E-state index contributed by atoms with van der Waals surface area (Å²) in [4.78, 5) is 1.57. The molecule has 0 aliphatic carbocycles. The molecule has 1 aromatic carbocycles. The zero-order valence-electron chi connectivity index (χ0n) is 12.3. The van der Waals surface area contributed by atoms with E-state index in [9.17, 15) is 13.9 Å². The molecule has 0 saturated carbocycles. The predicted molar refractivity (Wildman–Crippen MR) is 81.1 cm³/mol. The maximum atomic E-state index is 14.2. The van der Waals surface area contributed by atoms with Crippen molar-refractivity contribution in [2.45, 2.75) is 12.0 Å². The van der Waals surface area contributed by atoms with Crippen LogP contribution >= 0.6 is 12.4 Å². The Morgan fingerprint density at radius 2 is 2.00 bits per heavy atom. The van der Waals surface area contributed by atoms with Crippen molar-refractivity contribution in [2.75, 3.05) is 39.9 Å². The van der Waals surface area contributed by atoms with Crippen molar-refractivity contribution in [1.82, 2.24) is 10.2 Å². The second kappa shape index (κ2) is 7.92. The molecule has 1 aliphatic rings. The molecular weight excluding hydrogens is 318 g/mol. The maximum Gasteiger partial charge on any atom is 0.290 e. The van der Waals surface area contributed by atoms with Gasteiger partial charge in [0.15, 0.2) is 0 Å². The van der Waals surface area contributed by atoms with Gasteiger partial charge in [-0.25, -0.2) is 8.78 Å². The highest BCUT2D eigenvalue weighted by Crippen LogP contribution is 2.41. The van der Waals surface area contributed by atoms with Gasteiger partial charge in [0.05, 0.1) is 7.11 Å². The third-order valence-electron chi connectivity index (χ3n) is 3.66. The summed E-state index contributed by atoms with van der Waals surface area (Å²) in [6, 6.07) is 2.84. The van der Waals surface area contributed by atoms with Crippen LogP contribution in [-0.2, 0) is 0 Å². The molecule has 1 heterocycles. The summed E-state index contributed by atoms with van der Waals surface area (Å²) in [5.74, 6) is -3.20. The van der Waals surface area contributed by atoms with E-state index >= 15 is 0 Å². The van der Waals surface area contributed by atoms with Crippen molar-refractivity contribution in [3.05, 3.63) is 23.8 Å². The molecule has 5 nitrogen and oxygen atoms in total. The van der Waals surface area contributed by atoms with Crippen LogP contribution in [0, 0.1) is 0 Å². The van der Waals surface area contributed by atoms with Crippen molar-refractivity contribution in [3.8, 4) is 11.5 Å². The smallest absolute Gasteiger partial charge is 0.290 e. The van der Waals surface area contributed by atoms with E-state index in [0.29, 0.717) is 31.9 Å². The van der Waals surface area contributed by atoms with E-state index in [-0.39, 0.29) is 23.7 Å². The lowest BCUT2D eigenvalue weighted by Crippen LogP contribution is -2.51. The first-order chi connectivity index (χ1) is 9.99. The number of nitrogens with zero attached hydrogens (tertiary/aromatic N) is 1. The molecule has 0 spiro atoms. The van der Waals surface area contributed by atoms with E-state index in [2.05, 4.69) is 5.32 Å². The second-order valence-corrected chi connectivity index (χ2v) is 5.03. The first-order valence-electron chi connectivity index (χ1n) is 6.80. The Morgan fingerprint density at radius 3 is 2.55 bits per heavy atom.